The van der Waals surface area contributed by atoms with Gasteiger partial charge in [-0.15, -0.1) is 0 Å². The minimum atomic E-state index is 0.323. The van der Waals surface area contributed by atoms with Gasteiger partial charge in [-0.25, -0.2) is 0 Å². The van der Waals surface area contributed by atoms with E-state index in [1.807, 2.05) is 19.2 Å². The average Bonchev–Trinajstić information content (AvgIpc) is 2.98. The highest BCUT2D eigenvalue weighted by atomic mass is 32.1. The number of thiophene rings is 1. The van der Waals surface area contributed by atoms with Crippen molar-refractivity contribution in [3.8, 4) is 11.5 Å². The molecule has 1 heterocycles. The largest absolute Gasteiger partial charge is 0.493 e. The molecule has 1 aromatic carbocycles. The lowest BCUT2D eigenvalue weighted by Gasteiger charge is -2.16. The van der Waals surface area contributed by atoms with Gasteiger partial charge in [-0.2, -0.15) is 11.3 Å². The molecule has 1 aromatic heterocycles. The molecule has 0 amide bonds. The number of rotatable bonds is 6. The van der Waals surface area contributed by atoms with E-state index in [-0.39, 0.29) is 0 Å². The van der Waals surface area contributed by atoms with Crippen molar-refractivity contribution in [1.29, 1.82) is 0 Å². The molecule has 0 aliphatic carbocycles. The van der Waals surface area contributed by atoms with E-state index in [9.17, 15) is 0 Å². The van der Waals surface area contributed by atoms with Gasteiger partial charge >= 0.3 is 0 Å². The molecule has 1 N–H and O–H groups in total. The first-order valence-electron chi connectivity index (χ1n) is 6.18. The fourth-order valence-electron chi connectivity index (χ4n) is 2.10. The summed E-state index contributed by atoms with van der Waals surface area (Å²) in [7, 11) is 5.30. The van der Waals surface area contributed by atoms with Crippen LogP contribution in [0.2, 0.25) is 0 Å². The molecule has 19 heavy (non-hydrogen) atoms. The fourth-order valence-corrected chi connectivity index (χ4v) is 2.82. The van der Waals surface area contributed by atoms with Crippen LogP contribution in [0.15, 0.2) is 35.0 Å². The van der Waals surface area contributed by atoms with Crippen molar-refractivity contribution < 1.29 is 9.47 Å². The monoisotopic (exact) mass is 277 g/mol. The van der Waals surface area contributed by atoms with E-state index >= 15 is 0 Å². The van der Waals surface area contributed by atoms with E-state index in [4.69, 9.17) is 9.47 Å². The minimum Gasteiger partial charge on any atom is -0.493 e. The second kappa shape index (κ2) is 6.59. The van der Waals surface area contributed by atoms with Crippen LogP contribution in [0.4, 0.5) is 0 Å². The third-order valence-corrected chi connectivity index (χ3v) is 3.88. The van der Waals surface area contributed by atoms with Crippen molar-refractivity contribution in [2.75, 3.05) is 21.3 Å². The Kier molecular flexibility index (Phi) is 4.82. The van der Waals surface area contributed by atoms with Crippen LogP contribution in [-0.2, 0) is 6.42 Å². The van der Waals surface area contributed by atoms with Gasteiger partial charge < -0.3 is 14.8 Å². The molecular weight excluding hydrogens is 258 g/mol. The van der Waals surface area contributed by atoms with Crippen molar-refractivity contribution in [1.82, 2.24) is 5.32 Å². The van der Waals surface area contributed by atoms with Gasteiger partial charge in [0, 0.05) is 6.04 Å². The second-order valence-electron chi connectivity index (χ2n) is 4.29. The van der Waals surface area contributed by atoms with Crippen LogP contribution >= 0.6 is 11.3 Å². The SMILES string of the molecule is CNC(Cc1ccc(OC)c(OC)c1)c1ccsc1. The number of benzene rings is 1. The lowest BCUT2D eigenvalue weighted by molar-refractivity contribution is 0.354. The zero-order valence-corrected chi connectivity index (χ0v) is 12.3. The maximum Gasteiger partial charge on any atom is 0.160 e. The van der Waals surface area contributed by atoms with Crippen molar-refractivity contribution >= 4 is 11.3 Å². The number of hydrogen-bond acceptors (Lipinski definition) is 4. The Hall–Kier alpha value is -1.52. The summed E-state index contributed by atoms with van der Waals surface area (Å²) in [5, 5.41) is 7.64. The molecule has 0 saturated heterocycles. The molecule has 1 unspecified atom stereocenters. The van der Waals surface area contributed by atoms with Gasteiger partial charge in [0.25, 0.3) is 0 Å². The maximum atomic E-state index is 5.34. The average molecular weight is 277 g/mol. The van der Waals surface area contributed by atoms with E-state index in [0.717, 1.165) is 17.9 Å². The third-order valence-electron chi connectivity index (χ3n) is 3.18. The van der Waals surface area contributed by atoms with E-state index < -0.39 is 0 Å². The van der Waals surface area contributed by atoms with Gasteiger partial charge in [-0.1, -0.05) is 6.07 Å². The predicted octanol–water partition coefficient (Wildman–Crippen LogP) is 3.27. The first-order chi connectivity index (χ1) is 9.28. The number of nitrogens with one attached hydrogen (secondary N) is 1. The molecule has 102 valence electrons. The summed E-state index contributed by atoms with van der Waals surface area (Å²) in [6.07, 6.45) is 0.924. The highest BCUT2D eigenvalue weighted by molar-refractivity contribution is 7.07. The van der Waals surface area contributed by atoms with E-state index in [0.29, 0.717) is 6.04 Å². The van der Waals surface area contributed by atoms with Crippen LogP contribution in [0.5, 0.6) is 11.5 Å². The molecule has 0 saturated carbocycles. The van der Waals surface area contributed by atoms with Gasteiger partial charge in [0.15, 0.2) is 11.5 Å². The third kappa shape index (κ3) is 3.28. The zero-order valence-electron chi connectivity index (χ0n) is 11.5. The Balaban J connectivity index is 2.18. The molecule has 2 aromatic rings. The summed E-state index contributed by atoms with van der Waals surface area (Å²) < 4.78 is 10.6. The summed E-state index contributed by atoms with van der Waals surface area (Å²) in [6.45, 7) is 0. The van der Waals surface area contributed by atoms with Crippen LogP contribution < -0.4 is 14.8 Å². The Labute approximate surface area is 118 Å². The summed E-state index contributed by atoms with van der Waals surface area (Å²) in [5.74, 6) is 1.54. The lowest BCUT2D eigenvalue weighted by Crippen LogP contribution is -2.18. The van der Waals surface area contributed by atoms with E-state index in [1.54, 1.807) is 25.6 Å². The Morgan fingerprint density at radius 1 is 1.16 bits per heavy atom. The Bertz CT molecular complexity index is 511. The highest BCUT2D eigenvalue weighted by Crippen LogP contribution is 2.29. The molecule has 0 aliphatic rings. The Morgan fingerprint density at radius 3 is 2.53 bits per heavy atom. The topological polar surface area (TPSA) is 30.5 Å². The molecule has 0 fully saturated rings. The summed E-state index contributed by atoms with van der Waals surface area (Å²) in [5.41, 5.74) is 2.55. The van der Waals surface area contributed by atoms with Gasteiger partial charge in [0.1, 0.15) is 0 Å². The van der Waals surface area contributed by atoms with Crippen LogP contribution in [0.1, 0.15) is 17.2 Å². The van der Waals surface area contributed by atoms with Gasteiger partial charge in [-0.05, 0) is 53.6 Å². The van der Waals surface area contributed by atoms with Crippen molar-refractivity contribution in [3.05, 3.63) is 46.2 Å². The Morgan fingerprint density at radius 2 is 1.95 bits per heavy atom. The van der Waals surface area contributed by atoms with Crippen LogP contribution in [0, 0.1) is 0 Å². The van der Waals surface area contributed by atoms with Crippen molar-refractivity contribution in [3.63, 3.8) is 0 Å². The summed E-state index contributed by atoms with van der Waals surface area (Å²) in [4.78, 5) is 0. The molecule has 0 radical (unpaired) electrons. The lowest BCUT2D eigenvalue weighted by atomic mass is 10.0. The molecular formula is C15H19NO2S. The number of hydrogen-bond donors (Lipinski definition) is 1. The molecule has 0 spiro atoms. The standard InChI is InChI=1S/C15H19NO2S/c1-16-13(12-6-7-19-10-12)8-11-4-5-14(17-2)15(9-11)18-3/h4-7,9-10,13,16H,8H2,1-3H3. The van der Waals surface area contributed by atoms with Gasteiger partial charge in [0.2, 0.25) is 0 Å². The smallest absolute Gasteiger partial charge is 0.160 e. The van der Waals surface area contributed by atoms with Crippen molar-refractivity contribution in [2.45, 2.75) is 12.5 Å². The first-order valence-corrected chi connectivity index (χ1v) is 7.13. The predicted molar refractivity (Wildman–Crippen MR) is 79.4 cm³/mol. The number of ether oxygens (including phenoxy) is 2. The normalized spacial score (nSPS) is 12.2. The second-order valence-corrected chi connectivity index (χ2v) is 5.07. The molecule has 3 nitrogen and oxygen atoms in total. The minimum absolute atomic E-state index is 0.323. The van der Waals surface area contributed by atoms with Crippen LogP contribution in [0.3, 0.4) is 0 Å². The van der Waals surface area contributed by atoms with Gasteiger partial charge in [-0.3, -0.25) is 0 Å². The molecule has 0 bridgehead atoms. The fraction of sp³-hybridized carbons (Fsp3) is 0.333. The van der Waals surface area contributed by atoms with Crippen LogP contribution in [0.25, 0.3) is 0 Å². The molecule has 2 rings (SSSR count). The molecule has 4 heteroatoms. The summed E-state index contributed by atoms with van der Waals surface area (Å²) >= 11 is 1.72. The highest BCUT2D eigenvalue weighted by Gasteiger charge is 2.12. The first kappa shape index (κ1) is 13.9. The summed E-state index contributed by atoms with van der Waals surface area (Å²) in [6, 6.07) is 8.55. The van der Waals surface area contributed by atoms with Gasteiger partial charge in [0.05, 0.1) is 14.2 Å². The maximum absolute atomic E-state index is 5.34. The van der Waals surface area contributed by atoms with Crippen LogP contribution in [-0.4, -0.2) is 21.3 Å². The quantitative estimate of drug-likeness (QED) is 0.879. The van der Waals surface area contributed by atoms with Crippen molar-refractivity contribution in [2.24, 2.45) is 0 Å². The number of methoxy groups -OCH3 is 2. The molecule has 1 atom stereocenters. The molecule has 0 aliphatic heterocycles. The zero-order chi connectivity index (χ0) is 13.7. The van der Waals surface area contributed by atoms with E-state index in [1.165, 1.54) is 11.1 Å². The number of likely N-dealkylation sites (N-methyl/N-ethyl adjacent to an activating group) is 1. The van der Waals surface area contributed by atoms with E-state index in [2.05, 4.69) is 28.2 Å².